The first-order chi connectivity index (χ1) is 11.0. The molecule has 1 aromatic heterocycles. The van der Waals surface area contributed by atoms with Crippen LogP contribution in [0.4, 0.5) is 5.00 Å². The number of carboxylic acid groups (broad SMARTS) is 1. The first kappa shape index (κ1) is 17.9. The van der Waals surface area contributed by atoms with Crippen molar-refractivity contribution in [2.45, 2.75) is 45.6 Å². The number of amides is 1. The van der Waals surface area contributed by atoms with E-state index in [0.29, 0.717) is 31.2 Å². The van der Waals surface area contributed by atoms with Crippen molar-refractivity contribution in [3.63, 3.8) is 0 Å². The van der Waals surface area contributed by atoms with Crippen LogP contribution in [0.5, 0.6) is 0 Å². The van der Waals surface area contributed by atoms with Crippen LogP contribution >= 0.6 is 11.3 Å². The molecule has 128 valence electrons. The van der Waals surface area contributed by atoms with Crippen molar-refractivity contribution in [1.29, 1.82) is 0 Å². The van der Waals surface area contributed by atoms with Crippen molar-refractivity contribution in [2.75, 3.05) is 25.1 Å². The smallest absolute Gasteiger partial charge is 0.339 e. The normalized spacial score (nSPS) is 15.6. The number of aromatic carboxylic acids is 1. The zero-order valence-corrected chi connectivity index (χ0v) is 14.3. The minimum Gasteiger partial charge on any atom is -0.478 e. The average Bonchev–Trinajstić information content (AvgIpc) is 2.83. The predicted octanol–water partition coefficient (Wildman–Crippen LogP) is 2.84. The maximum absolute atomic E-state index is 12.0. The Kier molecular flexibility index (Phi) is 6.56. The van der Waals surface area contributed by atoms with Gasteiger partial charge in [-0.1, -0.05) is 6.92 Å². The number of anilines is 1. The molecule has 2 N–H and O–H groups in total. The Bertz CT molecular complexity index is 563. The van der Waals surface area contributed by atoms with Gasteiger partial charge in [0.2, 0.25) is 5.91 Å². The van der Waals surface area contributed by atoms with E-state index in [4.69, 9.17) is 9.47 Å². The van der Waals surface area contributed by atoms with E-state index < -0.39 is 5.97 Å². The van der Waals surface area contributed by atoms with E-state index in [0.717, 1.165) is 23.3 Å². The summed E-state index contributed by atoms with van der Waals surface area (Å²) in [6.45, 7) is 5.53. The predicted molar refractivity (Wildman–Crippen MR) is 88.4 cm³/mol. The molecule has 1 amide bonds. The molecule has 1 aliphatic rings. The van der Waals surface area contributed by atoms with Crippen LogP contribution in [0.15, 0.2) is 0 Å². The summed E-state index contributed by atoms with van der Waals surface area (Å²) in [5.41, 5.74) is 1.00. The molecule has 2 rings (SSSR count). The zero-order valence-electron chi connectivity index (χ0n) is 13.5. The maximum Gasteiger partial charge on any atom is 0.339 e. The van der Waals surface area contributed by atoms with E-state index in [2.05, 4.69) is 5.32 Å². The summed E-state index contributed by atoms with van der Waals surface area (Å²) in [5, 5.41) is 12.5. The number of aryl methyl sites for hydroxylation is 1. The van der Waals surface area contributed by atoms with Crippen LogP contribution in [0.1, 0.15) is 47.0 Å². The fourth-order valence-electron chi connectivity index (χ4n) is 2.67. The molecular weight excluding hydrogens is 318 g/mol. The summed E-state index contributed by atoms with van der Waals surface area (Å²) in [7, 11) is 0. The van der Waals surface area contributed by atoms with E-state index >= 15 is 0 Å². The molecule has 2 heterocycles. The summed E-state index contributed by atoms with van der Waals surface area (Å²) in [4.78, 5) is 24.4. The Morgan fingerprint density at radius 1 is 1.39 bits per heavy atom. The van der Waals surface area contributed by atoms with Gasteiger partial charge in [0.05, 0.1) is 24.7 Å². The number of nitrogens with one attached hydrogen (secondary N) is 1. The molecule has 0 aromatic carbocycles. The second kappa shape index (κ2) is 8.42. The van der Waals surface area contributed by atoms with Crippen LogP contribution in [0.3, 0.4) is 0 Å². The van der Waals surface area contributed by atoms with Gasteiger partial charge in [0.15, 0.2) is 0 Å². The molecule has 1 aliphatic heterocycles. The molecule has 1 aromatic rings. The molecule has 7 heteroatoms. The van der Waals surface area contributed by atoms with E-state index in [1.807, 2.05) is 13.8 Å². The van der Waals surface area contributed by atoms with Crippen LogP contribution in [-0.2, 0) is 20.7 Å². The number of carboxylic acids is 1. The number of thiophene rings is 1. The molecule has 0 saturated carbocycles. The molecular formula is C16H23NO5S. The van der Waals surface area contributed by atoms with Crippen LogP contribution in [-0.4, -0.2) is 42.9 Å². The Hall–Kier alpha value is -1.44. The molecule has 0 unspecified atom stereocenters. The van der Waals surface area contributed by atoms with Gasteiger partial charge in [-0.15, -0.1) is 11.3 Å². The van der Waals surface area contributed by atoms with Crippen LogP contribution in [0.25, 0.3) is 0 Å². The van der Waals surface area contributed by atoms with Crippen LogP contribution < -0.4 is 5.32 Å². The fourth-order valence-corrected chi connectivity index (χ4v) is 3.82. The Balaban J connectivity index is 1.88. The van der Waals surface area contributed by atoms with E-state index in [1.165, 1.54) is 11.3 Å². The Morgan fingerprint density at radius 3 is 2.70 bits per heavy atom. The summed E-state index contributed by atoms with van der Waals surface area (Å²) >= 11 is 1.31. The van der Waals surface area contributed by atoms with Gasteiger partial charge in [-0.3, -0.25) is 4.79 Å². The van der Waals surface area contributed by atoms with Crippen LogP contribution in [0.2, 0.25) is 0 Å². The third kappa shape index (κ3) is 4.76. The highest BCUT2D eigenvalue weighted by Gasteiger charge is 2.22. The standard InChI is InChI=1S/C16H23NO5S/c1-3-12-10(2)23-15(14(12)16(19)20)17-13(18)6-9-22-11-4-7-21-8-5-11/h11H,3-9H2,1-2H3,(H,17,18)(H,19,20). The third-order valence-electron chi connectivity index (χ3n) is 3.88. The quantitative estimate of drug-likeness (QED) is 0.796. The van der Waals surface area contributed by atoms with Gasteiger partial charge in [-0.2, -0.15) is 0 Å². The third-order valence-corrected chi connectivity index (χ3v) is 4.94. The van der Waals surface area contributed by atoms with Crippen molar-refractivity contribution in [1.82, 2.24) is 0 Å². The number of hydrogen-bond acceptors (Lipinski definition) is 5. The summed E-state index contributed by atoms with van der Waals surface area (Å²) in [6, 6.07) is 0. The molecule has 0 bridgehead atoms. The number of carbonyl (C=O) groups is 2. The number of hydrogen-bond donors (Lipinski definition) is 2. The van der Waals surface area contributed by atoms with Crippen molar-refractivity contribution in [3.8, 4) is 0 Å². The van der Waals surface area contributed by atoms with Crippen LogP contribution in [0, 0.1) is 6.92 Å². The van der Waals surface area contributed by atoms with Gasteiger partial charge < -0.3 is 19.9 Å². The molecule has 1 saturated heterocycles. The highest BCUT2D eigenvalue weighted by atomic mass is 32.1. The zero-order chi connectivity index (χ0) is 16.8. The minimum absolute atomic E-state index is 0.154. The van der Waals surface area contributed by atoms with Gasteiger partial charge in [0.25, 0.3) is 0 Å². The van der Waals surface area contributed by atoms with Gasteiger partial charge in [-0.05, 0) is 31.7 Å². The second-order valence-electron chi connectivity index (χ2n) is 5.48. The van der Waals surface area contributed by atoms with Crippen molar-refractivity contribution in [3.05, 3.63) is 16.0 Å². The summed E-state index contributed by atoms with van der Waals surface area (Å²) in [5.74, 6) is -1.22. The highest BCUT2D eigenvalue weighted by molar-refractivity contribution is 7.16. The average molecular weight is 341 g/mol. The molecule has 23 heavy (non-hydrogen) atoms. The molecule has 0 atom stereocenters. The lowest BCUT2D eigenvalue weighted by Gasteiger charge is -2.22. The molecule has 1 fully saturated rings. The van der Waals surface area contributed by atoms with E-state index in [9.17, 15) is 14.7 Å². The second-order valence-corrected chi connectivity index (χ2v) is 6.71. The first-order valence-electron chi connectivity index (χ1n) is 7.87. The van der Waals surface area contributed by atoms with Crippen molar-refractivity contribution in [2.24, 2.45) is 0 Å². The van der Waals surface area contributed by atoms with E-state index in [-0.39, 0.29) is 24.0 Å². The van der Waals surface area contributed by atoms with Gasteiger partial charge >= 0.3 is 5.97 Å². The van der Waals surface area contributed by atoms with Crippen molar-refractivity contribution >= 4 is 28.2 Å². The number of carbonyl (C=O) groups excluding carboxylic acids is 1. The lowest BCUT2D eigenvalue weighted by Crippen LogP contribution is -2.25. The van der Waals surface area contributed by atoms with E-state index in [1.54, 1.807) is 0 Å². The summed E-state index contributed by atoms with van der Waals surface area (Å²) < 4.78 is 10.9. The fraction of sp³-hybridized carbons (Fsp3) is 0.625. The Morgan fingerprint density at radius 2 is 2.09 bits per heavy atom. The minimum atomic E-state index is -1.00. The van der Waals surface area contributed by atoms with Gasteiger partial charge in [0, 0.05) is 18.1 Å². The van der Waals surface area contributed by atoms with Gasteiger partial charge in [0.1, 0.15) is 5.00 Å². The van der Waals surface area contributed by atoms with Gasteiger partial charge in [-0.25, -0.2) is 4.79 Å². The summed E-state index contributed by atoms with van der Waals surface area (Å²) in [6.07, 6.45) is 2.72. The molecule has 6 nitrogen and oxygen atoms in total. The molecule has 0 radical (unpaired) electrons. The monoisotopic (exact) mass is 341 g/mol. The largest absolute Gasteiger partial charge is 0.478 e. The number of ether oxygens (including phenoxy) is 2. The lowest BCUT2D eigenvalue weighted by atomic mass is 10.1. The number of rotatable bonds is 7. The highest BCUT2D eigenvalue weighted by Crippen LogP contribution is 2.33. The van der Waals surface area contributed by atoms with Crippen molar-refractivity contribution < 1.29 is 24.2 Å². The first-order valence-corrected chi connectivity index (χ1v) is 8.69. The molecule has 0 aliphatic carbocycles. The maximum atomic E-state index is 12.0. The molecule has 0 spiro atoms. The lowest BCUT2D eigenvalue weighted by molar-refractivity contribution is -0.118. The topological polar surface area (TPSA) is 84.9 Å². The SMILES string of the molecule is CCc1c(C)sc(NC(=O)CCOC2CCOCC2)c1C(=O)O. The Labute approximate surface area is 139 Å².